The number of phenolic OH excluding ortho intramolecular Hbond substituents is 1. The van der Waals surface area contributed by atoms with E-state index in [4.69, 9.17) is 0 Å². The number of rotatable bonds is 6. The summed E-state index contributed by atoms with van der Waals surface area (Å²) in [6.07, 6.45) is -4.44. The zero-order valence-electron chi connectivity index (χ0n) is 18.2. The molecule has 0 aliphatic heterocycles. The van der Waals surface area contributed by atoms with Gasteiger partial charge >= 0.3 is 12.1 Å². The van der Waals surface area contributed by atoms with Crippen LogP contribution in [0.15, 0.2) is 84.9 Å². The van der Waals surface area contributed by atoms with Crippen molar-refractivity contribution in [2.45, 2.75) is 18.6 Å². The van der Waals surface area contributed by atoms with Crippen molar-refractivity contribution in [1.29, 1.82) is 0 Å². The Bertz CT molecular complexity index is 1380. The van der Waals surface area contributed by atoms with E-state index in [9.17, 15) is 33.0 Å². The number of halogens is 3. The van der Waals surface area contributed by atoms with Crippen LogP contribution in [0.4, 0.5) is 13.2 Å². The number of carboxylic acid groups (broad SMARTS) is 1. The molecule has 4 aromatic carbocycles. The number of benzene rings is 4. The molecule has 3 N–H and O–H groups in total. The molecule has 0 heterocycles. The summed E-state index contributed by atoms with van der Waals surface area (Å²) in [7, 11) is 0. The van der Waals surface area contributed by atoms with Gasteiger partial charge in [0.1, 0.15) is 11.8 Å². The Morgan fingerprint density at radius 2 is 1.37 bits per heavy atom. The first-order chi connectivity index (χ1) is 16.6. The normalized spacial score (nSPS) is 12.3. The molecule has 0 saturated heterocycles. The van der Waals surface area contributed by atoms with E-state index < -0.39 is 29.7 Å². The Hall–Kier alpha value is -4.33. The third kappa shape index (κ3) is 5.43. The first-order valence-electron chi connectivity index (χ1n) is 10.6. The van der Waals surface area contributed by atoms with Crippen molar-refractivity contribution in [2.75, 3.05) is 0 Å². The van der Waals surface area contributed by atoms with Crippen LogP contribution in [-0.4, -0.2) is 28.1 Å². The third-order valence-corrected chi connectivity index (χ3v) is 5.65. The first kappa shape index (κ1) is 23.8. The fraction of sp³-hybridized carbons (Fsp3) is 0.111. The van der Waals surface area contributed by atoms with Gasteiger partial charge in [0.05, 0.1) is 11.1 Å². The number of fused-ring (bicyclic) bond motifs is 1. The van der Waals surface area contributed by atoms with Gasteiger partial charge in [-0.1, -0.05) is 60.7 Å². The van der Waals surface area contributed by atoms with Gasteiger partial charge in [0.25, 0.3) is 5.91 Å². The number of alkyl halides is 3. The molecule has 0 spiro atoms. The molecule has 0 radical (unpaired) electrons. The number of carboxylic acids is 1. The number of phenols is 1. The molecule has 4 rings (SSSR count). The molecular formula is C27H20F3NO4. The summed E-state index contributed by atoms with van der Waals surface area (Å²) in [6.45, 7) is 0. The lowest BCUT2D eigenvalue weighted by molar-refractivity contribution is -0.139. The molecule has 0 bridgehead atoms. The van der Waals surface area contributed by atoms with E-state index in [1.165, 1.54) is 24.3 Å². The number of carbonyl (C=O) groups excluding carboxylic acids is 1. The molecule has 8 heteroatoms. The van der Waals surface area contributed by atoms with Gasteiger partial charge in [-0.05, 0) is 51.7 Å². The first-order valence-corrected chi connectivity index (χ1v) is 10.6. The summed E-state index contributed by atoms with van der Waals surface area (Å²) in [5.74, 6) is -2.22. The molecule has 35 heavy (non-hydrogen) atoms. The van der Waals surface area contributed by atoms with Crippen molar-refractivity contribution < 1.29 is 33.0 Å². The summed E-state index contributed by atoms with van der Waals surface area (Å²) < 4.78 is 38.3. The number of aromatic hydroxyl groups is 1. The molecule has 1 amide bonds. The number of nitrogens with one attached hydrogen (secondary N) is 1. The summed E-state index contributed by atoms with van der Waals surface area (Å²) in [5.41, 5.74) is 1.08. The molecular weight excluding hydrogens is 459 g/mol. The fourth-order valence-corrected chi connectivity index (χ4v) is 3.77. The second-order valence-electron chi connectivity index (χ2n) is 8.06. The molecule has 0 saturated carbocycles. The van der Waals surface area contributed by atoms with E-state index in [0.29, 0.717) is 16.7 Å². The number of hydrogen-bond acceptors (Lipinski definition) is 3. The largest absolute Gasteiger partial charge is 0.507 e. The van der Waals surface area contributed by atoms with Gasteiger partial charge in [-0.15, -0.1) is 0 Å². The van der Waals surface area contributed by atoms with Crippen LogP contribution in [0.25, 0.3) is 21.9 Å². The Morgan fingerprint density at radius 3 is 1.91 bits per heavy atom. The van der Waals surface area contributed by atoms with Crippen LogP contribution in [0.1, 0.15) is 21.5 Å². The minimum atomic E-state index is -4.41. The zero-order chi connectivity index (χ0) is 25.2. The minimum Gasteiger partial charge on any atom is -0.507 e. The summed E-state index contributed by atoms with van der Waals surface area (Å²) in [4.78, 5) is 24.5. The van der Waals surface area contributed by atoms with Crippen molar-refractivity contribution in [2.24, 2.45) is 0 Å². The predicted octanol–water partition coefficient (Wildman–Crippen LogP) is 5.66. The van der Waals surface area contributed by atoms with Crippen LogP contribution < -0.4 is 5.32 Å². The molecule has 1 unspecified atom stereocenters. The average Bonchev–Trinajstić information content (AvgIpc) is 2.83. The number of carbonyl (C=O) groups is 2. The minimum absolute atomic E-state index is 0.0251. The Morgan fingerprint density at radius 1 is 0.829 bits per heavy atom. The zero-order valence-corrected chi connectivity index (χ0v) is 18.2. The Kier molecular flexibility index (Phi) is 6.46. The number of aliphatic carboxylic acids is 1. The maximum atomic E-state index is 12.8. The summed E-state index contributed by atoms with van der Waals surface area (Å²) in [5, 5.41) is 23.8. The topological polar surface area (TPSA) is 86.6 Å². The van der Waals surface area contributed by atoms with Crippen LogP contribution in [-0.2, 0) is 17.4 Å². The van der Waals surface area contributed by atoms with E-state index in [-0.39, 0.29) is 17.7 Å². The van der Waals surface area contributed by atoms with Crippen molar-refractivity contribution >= 4 is 22.6 Å². The number of hydrogen-bond donors (Lipinski definition) is 3. The highest BCUT2D eigenvalue weighted by molar-refractivity contribution is 6.02. The van der Waals surface area contributed by atoms with Crippen molar-refractivity contribution in [3.63, 3.8) is 0 Å². The standard InChI is InChI=1S/C27H20F3NO4/c28-27(29,30)21-11-9-18(10-12-21)17-7-5-16(6-8-17)13-23(26(34)35)31-25(33)22-14-19-3-1-2-4-20(19)15-24(22)32/h1-12,14-15,23,32H,13H2,(H,31,33)(H,34,35). The molecule has 0 aliphatic rings. The monoisotopic (exact) mass is 479 g/mol. The SMILES string of the molecule is O=C(NC(Cc1ccc(-c2ccc(C(F)(F)F)cc2)cc1)C(=O)O)c1cc2ccccc2cc1O. The third-order valence-electron chi connectivity index (χ3n) is 5.65. The smallest absolute Gasteiger partial charge is 0.416 e. The maximum absolute atomic E-state index is 12.8. The lowest BCUT2D eigenvalue weighted by Gasteiger charge is -2.16. The lowest BCUT2D eigenvalue weighted by atomic mass is 9.99. The van der Waals surface area contributed by atoms with Gasteiger partial charge in [-0.25, -0.2) is 4.79 Å². The van der Waals surface area contributed by atoms with Crippen LogP contribution in [0.2, 0.25) is 0 Å². The van der Waals surface area contributed by atoms with Gasteiger partial charge in [0.15, 0.2) is 0 Å². The van der Waals surface area contributed by atoms with Crippen LogP contribution in [0, 0.1) is 0 Å². The maximum Gasteiger partial charge on any atom is 0.416 e. The van der Waals surface area contributed by atoms with Gasteiger partial charge in [0.2, 0.25) is 0 Å². The predicted molar refractivity (Wildman–Crippen MR) is 125 cm³/mol. The van der Waals surface area contributed by atoms with Crippen LogP contribution in [0.5, 0.6) is 5.75 Å². The number of amides is 1. The molecule has 4 aromatic rings. The second-order valence-corrected chi connectivity index (χ2v) is 8.06. The molecule has 178 valence electrons. The van der Waals surface area contributed by atoms with Gasteiger partial charge < -0.3 is 15.5 Å². The molecule has 1 atom stereocenters. The molecule has 5 nitrogen and oxygen atoms in total. The van der Waals surface area contributed by atoms with E-state index in [1.807, 2.05) is 0 Å². The fourth-order valence-electron chi connectivity index (χ4n) is 3.77. The van der Waals surface area contributed by atoms with Crippen molar-refractivity contribution in [3.05, 3.63) is 102 Å². The van der Waals surface area contributed by atoms with Crippen LogP contribution >= 0.6 is 0 Å². The van der Waals surface area contributed by atoms with E-state index >= 15 is 0 Å². The Balaban J connectivity index is 1.48. The highest BCUT2D eigenvalue weighted by atomic mass is 19.4. The van der Waals surface area contributed by atoms with Gasteiger partial charge in [-0.2, -0.15) is 13.2 Å². The lowest BCUT2D eigenvalue weighted by Crippen LogP contribution is -2.42. The van der Waals surface area contributed by atoms with Crippen molar-refractivity contribution in [3.8, 4) is 16.9 Å². The second kappa shape index (κ2) is 9.50. The highest BCUT2D eigenvalue weighted by Gasteiger charge is 2.30. The van der Waals surface area contributed by atoms with E-state index in [1.54, 1.807) is 48.5 Å². The highest BCUT2D eigenvalue weighted by Crippen LogP contribution is 2.31. The molecule has 0 aliphatic carbocycles. The summed E-state index contributed by atoms with van der Waals surface area (Å²) >= 11 is 0. The quantitative estimate of drug-likeness (QED) is 0.333. The van der Waals surface area contributed by atoms with E-state index in [0.717, 1.165) is 22.9 Å². The van der Waals surface area contributed by atoms with Gasteiger partial charge in [-0.3, -0.25) is 4.79 Å². The van der Waals surface area contributed by atoms with E-state index in [2.05, 4.69) is 5.32 Å². The molecule has 0 aromatic heterocycles. The Labute approximate surface area is 198 Å². The van der Waals surface area contributed by atoms with Crippen LogP contribution in [0.3, 0.4) is 0 Å². The molecule has 0 fully saturated rings. The average molecular weight is 479 g/mol. The van der Waals surface area contributed by atoms with Crippen molar-refractivity contribution in [1.82, 2.24) is 5.32 Å². The summed E-state index contributed by atoms with van der Waals surface area (Å²) in [6, 6.07) is 20.2. The van der Waals surface area contributed by atoms with Gasteiger partial charge in [0, 0.05) is 6.42 Å².